The van der Waals surface area contributed by atoms with Crippen molar-refractivity contribution in [3.63, 3.8) is 0 Å². The Balaban J connectivity index is 2.39. The van der Waals surface area contributed by atoms with Crippen LogP contribution in [-0.2, 0) is 9.09 Å². The molecule has 0 unspecified atom stereocenters. The van der Waals surface area contributed by atoms with E-state index in [1.165, 1.54) is 5.56 Å². The van der Waals surface area contributed by atoms with Gasteiger partial charge in [0.1, 0.15) is 0 Å². The van der Waals surface area contributed by atoms with Crippen molar-refractivity contribution in [3.8, 4) is 0 Å². The van der Waals surface area contributed by atoms with Crippen LogP contribution < -0.4 is 10.2 Å². The zero-order valence-electron chi connectivity index (χ0n) is 16.3. The number of benzene rings is 2. The number of nitrogens with zero attached hydrogens (tertiary/aromatic N) is 1. The van der Waals surface area contributed by atoms with Crippen LogP contribution in [0.1, 0.15) is 50.1 Å². The molecule has 2 aromatic carbocycles. The molecule has 0 radical (unpaired) electrons. The van der Waals surface area contributed by atoms with E-state index in [1.807, 2.05) is 62.3 Å². The lowest BCUT2D eigenvalue weighted by atomic mass is 10.0. The monoisotopic (exact) mass is 375 g/mol. The van der Waals surface area contributed by atoms with E-state index in [4.69, 9.17) is 4.52 Å². The minimum absolute atomic E-state index is 0.341. The van der Waals surface area contributed by atoms with Crippen LogP contribution in [0.15, 0.2) is 48.5 Å². The largest absolute Gasteiger partial charge is 0.378 e. The molecule has 1 N–H and O–H groups in total. The van der Waals surface area contributed by atoms with Gasteiger partial charge in [0.2, 0.25) is 0 Å². The van der Waals surface area contributed by atoms with Gasteiger partial charge < -0.3 is 14.5 Å². The van der Waals surface area contributed by atoms with Crippen molar-refractivity contribution < 1.29 is 14.2 Å². The van der Waals surface area contributed by atoms with Crippen LogP contribution in [0.25, 0.3) is 0 Å². The number of aliphatic hydroxyl groups is 1. The highest BCUT2D eigenvalue weighted by Gasteiger charge is 2.36. The molecule has 0 bridgehead atoms. The summed E-state index contributed by atoms with van der Waals surface area (Å²) in [5.41, 5.74) is 2.80. The highest BCUT2D eigenvalue weighted by molar-refractivity contribution is 7.67. The molecule has 4 nitrogen and oxygen atoms in total. The molecule has 2 aromatic rings. The van der Waals surface area contributed by atoms with Gasteiger partial charge in [-0.15, -0.1) is 0 Å². The third kappa shape index (κ3) is 4.56. The molecule has 0 saturated heterocycles. The lowest BCUT2D eigenvalue weighted by molar-refractivity contribution is 0.214. The fraction of sp³-hybridized carbons (Fsp3) is 0.429. The van der Waals surface area contributed by atoms with Crippen molar-refractivity contribution in [1.82, 2.24) is 0 Å². The van der Waals surface area contributed by atoms with Crippen molar-refractivity contribution in [3.05, 3.63) is 59.7 Å². The Kier molecular flexibility index (Phi) is 7.05. The molecule has 0 heterocycles. The quantitative estimate of drug-likeness (QED) is 0.667. The number of aliphatic hydroxyl groups excluding tert-OH is 1. The third-order valence-corrected chi connectivity index (χ3v) is 6.96. The summed E-state index contributed by atoms with van der Waals surface area (Å²) in [5.74, 6) is -0.775. The smallest absolute Gasteiger partial charge is 0.264 e. The second-order valence-electron chi connectivity index (χ2n) is 7.04. The number of hydrogen-bond donors (Lipinski definition) is 1. The van der Waals surface area contributed by atoms with E-state index in [0.29, 0.717) is 23.4 Å². The Hall–Kier alpha value is -1.61. The Morgan fingerprint density at radius 2 is 1.54 bits per heavy atom. The van der Waals surface area contributed by atoms with E-state index < -0.39 is 13.2 Å². The Bertz CT molecular complexity index is 739. The standard InChI is InChI=1S/C21H30NO3P/c1-6-15-25-26(24,20-13-11-19(12-14-20)22(4)5)21(23)18-9-7-17(8-10-18)16(2)3/h7-14,16,21,23H,6,15H2,1-5H3/t21-,26-/m1/s1. The second-order valence-corrected chi connectivity index (χ2v) is 9.49. The van der Waals surface area contributed by atoms with Crippen molar-refractivity contribution in [1.29, 1.82) is 0 Å². The van der Waals surface area contributed by atoms with Gasteiger partial charge >= 0.3 is 0 Å². The fourth-order valence-corrected chi connectivity index (χ4v) is 4.88. The minimum atomic E-state index is -3.45. The first-order chi connectivity index (χ1) is 12.3. The maximum atomic E-state index is 13.7. The van der Waals surface area contributed by atoms with Gasteiger partial charge in [0.05, 0.1) is 6.61 Å². The van der Waals surface area contributed by atoms with Crippen molar-refractivity contribution in [2.45, 2.75) is 39.0 Å². The lowest BCUT2D eigenvalue weighted by Gasteiger charge is -2.25. The van der Waals surface area contributed by atoms with Gasteiger partial charge in [0, 0.05) is 25.1 Å². The molecule has 2 atom stereocenters. The van der Waals surface area contributed by atoms with Gasteiger partial charge in [-0.25, -0.2) is 0 Å². The van der Waals surface area contributed by atoms with Crippen LogP contribution in [-0.4, -0.2) is 25.8 Å². The molecule has 26 heavy (non-hydrogen) atoms. The van der Waals surface area contributed by atoms with E-state index in [1.54, 1.807) is 12.1 Å². The van der Waals surface area contributed by atoms with Gasteiger partial charge in [-0.2, -0.15) is 0 Å². The molecule has 0 aromatic heterocycles. The molecular formula is C21H30NO3P. The van der Waals surface area contributed by atoms with Crippen LogP contribution in [0.3, 0.4) is 0 Å². The van der Waals surface area contributed by atoms with Gasteiger partial charge in [-0.1, -0.05) is 45.0 Å². The van der Waals surface area contributed by atoms with E-state index >= 15 is 0 Å². The molecule has 0 aliphatic heterocycles. The van der Waals surface area contributed by atoms with Crippen LogP contribution in [0, 0.1) is 0 Å². The Morgan fingerprint density at radius 1 is 1.00 bits per heavy atom. The number of anilines is 1. The molecule has 0 fully saturated rings. The van der Waals surface area contributed by atoms with E-state index in [2.05, 4.69) is 13.8 Å². The molecule has 0 saturated carbocycles. The topological polar surface area (TPSA) is 49.8 Å². The van der Waals surface area contributed by atoms with Crippen molar-refractivity contribution in [2.24, 2.45) is 0 Å². The summed E-state index contributed by atoms with van der Waals surface area (Å²) < 4.78 is 19.4. The normalized spacial score (nSPS) is 14.9. The van der Waals surface area contributed by atoms with Crippen molar-refractivity contribution >= 4 is 18.4 Å². The molecular weight excluding hydrogens is 345 g/mol. The van der Waals surface area contributed by atoms with Crippen LogP contribution in [0.4, 0.5) is 5.69 Å². The Labute approximate surface area is 157 Å². The maximum absolute atomic E-state index is 13.7. The molecule has 2 rings (SSSR count). The molecule has 5 heteroatoms. The van der Waals surface area contributed by atoms with Crippen molar-refractivity contribution in [2.75, 3.05) is 25.6 Å². The van der Waals surface area contributed by atoms with E-state index in [0.717, 1.165) is 12.1 Å². The fourth-order valence-electron chi connectivity index (χ4n) is 2.72. The number of rotatable bonds is 8. The average molecular weight is 375 g/mol. The SMILES string of the molecule is CCCO[P@](=O)(c1ccc(N(C)C)cc1)[C@@H](O)c1ccc(C(C)C)cc1. The second kappa shape index (κ2) is 8.85. The lowest BCUT2D eigenvalue weighted by Crippen LogP contribution is -2.16. The molecule has 0 aliphatic rings. The predicted molar refractivity (Wildman–Crippen MR) is 110 cm³/mol. The van der Waals surface area contributed by atoms with Crippen LogP contribution in [0.5, 0.6) is 0 Å². The first kappa shape index (κ1) is 20.7. The average Bonchev–Trinajstić information content (AvgIpc) is 2.65. The summed E-state index contributed by atoms with van der Waals surface area (Å²) in [6.07, 6.45) is 0.735. The maximum Gasteiger partial charge on any atom is 0.264 e. The molecule has 142 valence electrons. The number of hydrogen-bond acceptors (Lipinski definition) is 4. The van der Waals surface area contributed by atoms with Gasteiger partial charge in [0.25, 0.3) is 7.37 Å². The first-order valence-electron chi connectivity index (χ1n) is 9.09. The van der Waals surface area contributed by atoms with Gasteiger partial charge in [0.15, 0.2) is 5.85 Å². The highest BCUT2D eigenvalue weighted by atomic mass is 31.2. The minimum Gasteiger partial charge on any atom is -0.378 e. The first-order valence-corrected chi connectivity index (χ1v) is 10.8. The predicted octanol–water partition coefficient (Wildman–Crippen LogP) is 4.90. The summed E-state index contributed by atoms with van der Waals surface area (Å²) in [7, 11) is 0.450. The summed E-state index contributed by atoms with van der Waals surface area (Å²) >= 11 is 0. The summed E-state index contributed by atoms with van der Waals surface area (Å²) in [6, 6.07) is 15.0. The zero-order chi connectivity index (χ0) is 19.3. The Morgan fingerprint density at radius 3 is 2.00 bits per heavy atom. The molecule has 0 spiro atoms. The van der Waals surface area contributed by atoms with E-state index in [9.17, 15) is 9.67 Å². The zero-order valence-corrected chi connectivity index (χ0v) is 17.2. The summed E-state index contributed by atoms with van der Waals surface area (Å²) in [5, 5.41) is 11.5. The summed E-state index contributed by atoms with van der Waals surface area (Å²) in [6.45, 7) is 6.54. The molecule has 0 amide bonds. The van der Waals surface area contributed by atoms with Gasteiger partial charge in [-0.3, -0.25) is 4.57 Å². The van der Waals surface area contributed by atoms with Crippen LogP contribution >= 0.6 is 7.37 Å². The van der Waals surface area contributed by atoms with E-state index in [-0.39, 0.29) is 0 Å². The highest BCUT2D eigenvalue weighted by Crippen LogP contribution is 2.57. The summed E-state index contributed by atoms with van der Waals surface area (Å²) in [4.78, 5) is 1.97. The molecule has 0 aliphatic carbocycles. The van der Waals surface area contributed by atoms with Gasteiger partial charge in [-0.05, 0) is 47.7 Å². The third-order valence-electron chi connectivity index (χ3n) is 4.44. The van der Waals surface area contributed by atoms with Crippen LogP contribution in [0.2, 0.25) is 0 Å².